The van der Waals surface area contributed by atoms with E-state index in [1.807, 2.05) is 37.3 Å². The first-order valence-corrected chi connectivity index (χ1v) is 13.7. The molecule has 0 heterocycles. The smallest absolute Gasteiger partial charge is 0.260 e. The fourth-order valence-electron chi connectivity index (χ4n) is 3.08. The van der Waals surface area contributed by atoms with Crippen LogP contribution in [-0.2, 0) is 21.4 Å². The van der Waals surface area contributed by atoms with Crippen LogP contribution in [0.25, 0.3) is 0 Å². The molecular weight excluding hydrogens is 581 g/mol. The van der Waals surface area contributed by atoms with E-state index < -0.39 is 22.5 Å². The van der Waals surface area contributed by atoms with Crippen molar-refractivity contribution in [2.45, 2.75) is 13.5 Å². The molecule has 10 heteroatoms. The number of hydrogen-bond acceptors (Lipinski definition) is 6. The normalized spacial score (nSPS) is 11.3. The number of rotatable bonds is 11. The average Bonchev–Trinajstić information content (AvgIpc) is 2.83. The molecule has 0 aliphatic heterocycles. The Kier molecular flexibility index (Phi) is 9.49. The van der Waals surface area contributed by atoms with Gasteiger partial charge in [-0.05, 0) is 83.1 Å². The summed E-state index contributed by atoms with van der Waals surface area (Å²) in [6, 6.07) is 22.0. The van der Waals surface area contributed by atoms with Crippen LogP contribution in [0.15, 0.2) is 77.9 Å². The zero-order chi connectivity index (χ0) is 25.3. The molecule has 0 atom stereocenters. The molecule has 0 radical (unpaired) electrons. The van der Waals surface area contributed by atoms with Gasteiger partial charge in [0.25, 0.3) is 5.91 Å². The minimum Gasteiger partial charge on any atom is -0.490 e. The van der Waals surface area contributed by atoms with Gasteiger partial charge in [0.15, 0.2) is 11.5 Å². The Bertz CT molecular complexity index is 1270. The van der Waals surface area contributed by atoms with E-state index in [-0.39, 0.29) is 0 Å². The van der Waals surface area contributed by atoms with Crippen molar-refractivity contribution in [1.82, 2.24) is 5.43 Å². The molecule has 1 N–H and O–H groups in total. The predicted octanol–water partition coefficient (Wildman–Crippen LogP) is 4.19. The Morgan fingerprint density at radius 2 is 1.74 bits per heavy atom. The number of halogens is 1. The van der Waals surface area contributed by atoms with Crippen molar-refractivity contribution in [3.63, 3.8) is 0 Å². The van der Waals surface area contributed by atoms with E-state index in [1.165, 1.54) is 6.21 Å². The molecule has 3 rings (SSSR count). The first kappa shape index (κ1) is 26.5. The van der Waals surface area contributed by atoms with Gasteiger partial charge < -0.3 is 9.47 Å². The first-order valence-electron chi connectivity index (χ1n) is 10.7. The van der Waals surface area contributed by atoms with Crippen LogP contribution in [0.2, 0.25) is 0 Å². The van der Waals surface area contributed by atoms with Crippen LogP contribution in [0.4, 0.5) is 5.69 Å². The van der Waals surface area contributed by atoms with Gasteiger partial charge in [-0.15, -0.1) is 0 Å². The first-order chi connectivity index (χ1) is 16.8. The Labute approximate surface area is 219 Å². The molecule has 0 bridgehead atoms. The largest absolute Gasteiger partial charge is 0.490 e. The Morgan fingerprint density at radius 3 is 2.40 bits per heavy atom. The maximum atomic E-state index is 12.4. The number of sulfonamides is 1. The number of carbonyl (C=O) groups is 1. The van der Waals surface area contributed by atoms with E-state index >= 15 is 0 Å². The van der Waals surface area contributed by atoms with Gasteiger partial charge in [-0.1, -0.05) is 30.3 Å². The number of amides is 1. The number of anilines is 1. The highest BCUT2D eigenvalue weighted by atomic mass is 127. The van der Waals surface area contributed by atoms with Gasteiger partial charge in [-0.2, -0.15) is 5.10 Å². The second kappa shape index (κ2) is 12.5. The summed E-state index contributed by atoms with van der Waals surface area (Å²) in [5.74, 6) is 0.581. The van der Waals surface area contributed by atoms with Crippen LogP contribution in [0.3, 0.4) is 0 Å². The number of nitrogens with one attached hydrogen (secondary N) is 1. The number of nitrogens with zero attached hydrogens (tertiary/aromatic N) is 2. The lowest BCUT2D eigenvalue weighted by Gasteiger charge is -2.21. The van der Waals surface area contributed by atoms with Gasteiger partial charge >= 0.3 is 0 Å². The molecule has 0 aliphatic rings. The molecule has 0 aliphatic carbocycles. The molecule has 3 aromatic carbocycles. The highest BCUT2D eigenvalue weighted by molar-refractivity contribution is 14.1. The molecule has 8 nitrogen and oxygen atoms in total. The fourth-order valence-corrected chi connectivity index (χ4v) is 4.30. The van der Waals surface area contributed by atoms with Crippen molar-refractivity contribution in [2.75, 3.05) is 23.7 Å². The molecule has 0 saturated heterocycles. The summed E-state index contributed by atoms with van der Waals surface area (Å²) in [6.45, 7) is 2.34. The number of benzene rings is 3. The molecular formula is C25H26IN3O5S. The number of carbonyl (C=O) groups excluding carboxylic acids is 1. The molecule has 0 saturated carbocycles. The Balaban J connectivity index is 1.64. The molecule has 0 spiro atoms. The molecule has 184 valence electrons. The lowest BCUT2D eigenvalue weighted by Crippen LogP contribution is -2.39. The standard InChI is InChI=1S/C25H26IN3O5S/c1-3-33-24-15-20(9-14-23(24)34-18-19-7-5-4-6-8-19)16-27-28-25(30)17-29(35(2,31)32)22-12-10-21(26)11-13-22/h4-16H,3,17-18H2,1-2H3,(H,28,30)/b27-16-. The lowest BCUT2D eigenvalue weighted by molar-refractivity contribution is -0.119. The number of hydrogen-bond donors (Lipinski definition) is 1. The molecule has 0 unspecified atom stereocenters. The number of ether oxygens (including phenoxy) is 2. The lowest BCUT2D eigenvalue weighted by atomic mass is 10.2. The molecule has 0 aromatic heterocycles. The minimum atomic E-state index is -3.66. The summed E-state index contributed by atoms with van der Waals surface area (Å²) in [6.07, 6.45) is 2.51. The maximum Gasteiger partial charge on any atom is 0.260 e. The van der Waals surface area contributed by atoms with Gasteiger partial charge in [0.1, 0.15) is 13.2 Å². The third-order valence-electron chi connectivity index (χ3n) is 4.71. The second-order valence-electron chi connectivity index (χ2n) is 7.45. The van der Waals surface area contributed by atoms with Crippen molar-refractivity contribution in [3.05, 3.63) is 87.5 Å². The van der Waals surface area contributed by atoms with Gasteiger partial charge in [0.2, 0.25) is 10.0 Å². The Morgan fingerprint density at radius 1 is 1.03 bits per heavy atom. The SMILES string of the molecule is CCOc1cc(/C=N\NC(=O)CN(c2ccc(I)cc2)S(C)(=O)=O)ccc1OCc1ccccc1. The third kappa shape index (κ3) is 8.25. The van der Waals surface area contributed by atoms with Crippen LogP contribution >= 0.6 is 22.6 Å². The van der Waals surface area contributed by atoms with Crippen LogP contribution in [0.5, 0.6) is 11.5 Å². The third-order valence-corrected chi connectivity index (χ3v) is 6.57. The van der Waals surface area contributed by atoms with Crippen molar-refractivity contribution in [1.29, 1.82) is 0 Å². The van der Waals surface area contributed by atoms with Crippen molar-refractivity contribution in [2.24, 2.45) is 5.10 Å². The molecule has 35 heavy (non-hydrogen) atoms. The average molecular weight is 607 g/mol. The summed E-state index contributed by atoms with van der Waals surface area (Å²) < 4.78 is 38.0. The predicted molar refractivity (Wildman–Crippen MR) is 145 cm³/mol. The topological polar surface area (TPSA) is 97.3 Å². The Hall–Kier alpha value is -3.12. The molecule has 0 fully saturated rings. The monoisotopic (exact) mass is 607 g/mol. The van der Waals surface area contributed by atoms with E-state index in [0.29, 0.717) is 36.0 Å². The van der Waals surface area contributed by atoms with Crippen LogP contribution in [0.1, 0.15) is 18.1 Å². The maximum absolute atomic E-state index is 12.4. The van der Waals surface area contributed by atoms with Gasteiger partial charge in [0.05, 0.1) is 24.8 Å². The van der Waals surface area contributed by atoms with Gasteiger partial charge in [-0.3, -0.25) is 9.10 Å². The molecule has 3 aromatic rings. The van der Waals surface area contributed by atoms with Gasteiger partial charge in [0, 0.05) is 3.57 Å². The van der Waals surface area contributed by atoms with E-state index in [1.54, 1.807) is 42.5 Å². The highest BCUT2D eigenvalue weighted by Crippen LogP contribution is 2.29. The van der Waals surface area contributed by atoms with Crippen molar-refractivity contribution >= 4 is 50.4 Å². The number of hydrazone groups is 1. The van der Waals surface area contributed by atoms with E-state index in [9.17, 15) is 13.2 Å². The van der Waals surface area contributed by atoms with Crippen molar-refractivity contribution in [3.8, 4) is 11.5 Å². The van der Waals surface area contributed by atoms with E-state index in [4.69, 9.17) is 9.47 Å². The van der Waals surface area contributed by atoms with Crippen LogP contribution in [0, 0.1) is 3.57 Å². The second-order valence-corrected chi connectivity index (χ2v) is 10.6. The van der Waals surface area contributed by atoms with E-state index in [2.05, 4.69) is 33.1 Å². The zero-order valence-corrected chi connectivity index (χ0v) is 22.3. The minimum absolute atomic E-state index is 0.396. The summed E-state index contributed by atoms with van der Waals surface area (Å²) in [4.78, 5) is 12.4. The summed E-state index contributed by atoms with van der Waals surface area (Å²) in [7, 11) is -3.66. The molecule has 1 amide bonds. The van der Waals surface area contributed by atoms with E-state index in [0.717, 1.165) is 19.7 Å². The van der Waals surface area contributed by atoms with Crippen molar-refractivity contribution < 1.29 is 22.7 Å². The summed E-state index contributed by atoms with van der Waals surface area (Å²) in [5.41, 5.74) is 4.50. The zero-order valence-electron chi connectivity index (χ0n) is 19.3. The summed E-state index contributed by atoms with van der Waals surface area (Å²) in [5, 5.41) is 3.97. The fraction of sp³-hybridized carbons (Fsp3) is 0.200. The summed E-state index contributed by atoms with van der Waals surface area (Å²) >= 11 is 2.12. The quantitative estimate of drug-likeness (QED) is 0.201. The van der Waals surface area contributed by atoms with Gasteiger partial charge in [-0.25, -0.2) is 13.8 Å². The highest BCUT2D eigenvalue weighted by Gasteiger charge is 2.20. The van der Waals surface area contributed by atoms with Crippen LogP contribution < -0.4 is 19.2 Å². The van der Waals surface area contributed by atoms with Crippen LogP contribution in [-0.4, -0.2) is 39.9 Å².